The number of fused-ring (bicyclic) bond motifs is 2. The van der Waals surface area contributed by atoms with Crippen LogP contribution in [0.2, 0.25) is 0 Å². The maximum atomic E-state index is 6.48. The van der Waals surface area contributed by atoms with Gasteiger partial charge in [-0.25, -0.2) is 15.0 Å². The first-order chi connectivity index (χ1) is 21.5. The Kier molecular flexibility index (Phi) is 7.88. The van der Waals surface area contributed by atoms with Gasteiger partial charge in [0.1, 0.15) is 24.0 Å². The van der Waals surface area contributed by atoms with Gasteiger partial charge in [-0.15, -0.1) is 4.68 Å². The highest BCUT2D eigenvalue weighted by atomic mass is 79.9. The van der Waals surface area contributed by atoms with Gasteiger partial charge in [-0.3, -0.25) is 0 Å². The maximum Gasteiger partial charge on any atom is 0.502 e. The van der Waals surface area contributed by atoms with Crippen LogP contribution in [0.1, 0.15) is 60.4 Å². The molecule has 7 rings (SSSR count). The number of halogens is 1. The van der Waals surface area contributed by atoms with Crippen molar-refractivity contribution < 1.29 is 23.5 Å². The smallest absolute Gasteiger partial charge is 0.489 e. The Labute approximate surface area is 275 Å². The molecule has 0 atom stereocenters. The molecule has 13 heteroatoms. The van der Waals surface area contributed by atoms with Gasteiger partial charge >= 0.3 is 7.12 Å². The van der Waals surface area contributed by atoms with Gasteiger partial charge in [-0.2, -0.15) is 0 Å². The van der Waals surface area contributed by atoms with E-state index in [1.807, 2.05) is 24.3 Å². The second-order valence-corrected chi connectivity index (χ2v) is 14.8. The minimum absolute atomic E-state index is 0.0869. The van der Waals surface area contributed by atoms with Crippen LogP contribution in [0.3, 0.4) is 0 Å². The zero-order valence-electron chi connectivity index (χ0n) is 26.3. The molecule has 5 heterocycles. The van der Waals surface area contributed by atoms with Crippen molar-refractivity contribution in [3.8, 4) is 10.9 Å². The SMILES string of the molecule is CC(C)[n+]1cc(B2OC(C)(C)C(C)(C)O2)cn1-c1nc2ccc(Nc3ncnc4cc(Br)cc(OC5CCOCC5)c34)cc2s1. The standard InChI is InChI=1S/C32H37BBrN6O4S/c1-19(2)39-16-20(33-43-31(3,4)32(5,6)44-33)17-40(39)30-38-24-8-7-22(15-27(24)45-30)37-29-28-25(35-18-36-29)13-21(34)14-26(28)42-23-9-11-41-12-10-23/h7-8,13-19,23H,9-12H2,1-6H3,(H,35,36,37)/q+1. The lowest BCUT2D eigenvalue weighted by Gasteiger charge is -2.32. The summed E-state index contributed by atoms with van der Waals surface area (Å²) in [6.07, 6.45) is 7.54. The highest BCUT2D eigenvalue weighted by molar-refractivity contribution is 9.10. The van der Waals surface area contributed by atoms with Gasteiger partial charge in [0, 0.05) is 23.0 Å². The van der Waals surface area contributed by atoms with Crippen molar-refractivity contribution in [1.82, 2.24) is 19.6 Å². The van der Waals surface area contributed by atoms with Crippen LogP contribution in [0.15, 0.2) is 53.5 Å². The van der Waals surface area contributed by atoms with Crippen LogP contribution >= 0.6 is 27.3 Å². The van der Waals surface area contributed by atoms with Crippen LogP contribution in [-0.4, -0.2) is 57.3 Å². The topological polar surface area (TPSA) is 96.4 Å². The molecule has 0 unspecified atom stereocenters. The molecule has 0 bridgehead atoms. The van der Waals surface area contributed by atoms with Crippen molar-refractivity contribution >= 4 is 72.5 Å². The lowest BCUT2D eigenvalue weighted by molar-refractivity contribution is -0.783. The van der Waals surface area contributed by atoms with Crippen LogP contribution in [0.5, 0.6) is 5.75 Å². The van der Waals surface area contributed by atoms with Gasteiger partial charge in [0.2, 0.25) is 5.13 Å². The van der Waals surface area contributed by atoms with Gasteiger partial charge in [-0.05, 0) is 71.9 Å². The Morgan fingerprint density at radius 2 is 1.82 bits per heavy atom. The molecule has 0 amide bonds. The lowest BCUT2D eigenvalue weighted by Crippen LogP contribution is -2.44. The number of hydrogen-bond acceptors (Lipinski definition) is 9. The second kappa shape index (κ2) is 11.6. The number of anilines is 2. The lowest BCUT2D eigenvalue weighted by atomic mass is 9.82. The van der Waals surface area contributed by atoms with Crippen LogP contribution in [-0.2, 0) is 14.0 Å². The molecule has 234 valence electrons. The maximum absolute atomic E-state index is 6.48. The third kappa shape index (κ3) is 5.85. The van der Waals surface area contributed by atoms with E-state index < -0.39 is 18.3 Å². The van der Waals surface area contributed by atoms with E-state index in [4.69, 9.17) is 23.8 Å². The molecular formula is C32H37BBrN6O4S+. The molecule has 10 nitrogen and oxygen atoms in total. The summed E-state index contributed by atoms with van der Waals surface area (Å²) in [5.74, 6) is 1.44. The van der Waals surface area contributed by atoms with Crippen LogP contribution < -0.4 is 20.2 Å². The first-order valence-corrected chi connectivity index (χ1v) is 16.9. The third-order valence-corrected chi connectivity index (χ3v) is 10.3. The molecule has 2 aromatic carbocycles. The summed E-state index contributed by atoms with van der Waals surface area (Å²) >= 11 is 5.25. The van der Waals surface area contributed by atoms with Crippen LogP contribution in [0, 0.1) is 0 Å². The molecule has 5 aromatic rings. The molecule has 0 radical (unpaired) electrons. The number of aromatic nitrogens is 5. The molecule has 2 saturated heterocycles. The molecule has 2 fully saturated rings. The highest BCUT2D eigenvalue weighted by Crippen LogP contribution is 2.38. The van der Waals surface area contributed by atoms with E-state index in [-0.39, 0.29) is 12.1 Å². The fourth-order valence-corrected chi connectivity index (χ4v) is 7.03. The minimum Gasteiger partial charge on any atom is -0.489 e. The average molecular weight is 692 g/mol. The Hall–Kier alpha value is -3.10. The van der Waals surface area contributed by atoms with E-state index in [2.05, 4.69) is 101 Å². The van der Waals surface area contributed by atoms with Crippen LogP contribution in [0.4, 0.5) is 11.5 Å². The Balaban J connectivity index is 1.20. The van der Waals surface area contributed by atoms with Gasteiger partial charge in [0.05, 0.1) is 57.2 Å². The van der Waals surface area contributed by atoms with Crippen molar-refractivity contribution in [1.29, 1.82) is 0 Å². The predicted octanol–water partition coefficient (Wildman–Crippen LogP) is 6.26. The van der Waals surface area contributed by atoms with Gasteiger partial charge in [0.25, 0.3) is 0 Å². The number of ether oxygens (including phenoxy) is 2. The van der Waals surface area contributed by atoms with E-state index >= 15 is 0 Å². The Bertz CT molecular complexity index is 1870. The summed E-state index contributed by atoms with van der Waals surface area (Å²) in [6, 6.07) is 10.4. The van der Waals surface area contributed by atoms with E-state index in [0.29, 0.717) is 19.0 Å². The number of rotatable bonds is 7. The van der Waals surface area contributed by atoms with E-state index in [1.54, 1.807) is 17.7 Å². The van der Waals surface area contributed by atoms with E-state index in [0.717, 1.165) is 60.5 Å². The fourth-order valence-electron chi connectivity index (χ4n) is 5.62. The Morgan fingerprint density at radius 1 is 1.07 bits per heavy atom. The third-order valence-electron chi connectivity index (χ3n) is 8.82. The first kappa shape index (κ1) is 30.6. The summed E-state index contributed by atoms with van der Waals surface area (Å²) in [4.78, 5) is 14.2. The summed E-state index contributed by atoms with van der Waals surface area (Å²) in [5, 5.41) is 5.24. The van der Waals surface area contributed by atoms with Gasteiger partial charge < -0.3 is 24.1 Å². The summed E-state index contributed by atoms with van der Waals surface area (Å²) in [7, 11) is -0.449. The molecule has 3 aromatic heterocycles. The number of nitrogens with zero attached hydrogens (tertiary/aromatic N) is 5. The average Bonchev–Trinajstić information content (AvgIpc) is 3.67. The molecular weight excluding hydrogens is 655 g/mol. The summed E-state index contributed by atoms with van der Waals surface area (Å²) in [5.41, 5.74) is 2.76. The Morgan fingerprint density at radius 3 is 2.56 bits per heavy atom. The number of thiazole rings is 1. The van der Waals surface area contributed by atoms with Crippen LogP contribution in [0.25, 0.3) is 26.3 Å². The number of nitrogens with one attached hydrogen (secondary N) is 1. The molecule has 0 aliphatic carbocycles. The minimum atomic E-state index is -0.449. The van der Waals surface area contributed by atoms with E-state index in [1.165, 1.54) is 0 Å². The largest absolute Gasteiger partial charge is 0.502 e. The molecule has 2 aliphatic rings. The molecule has 1 N–H and O–H groups in total. The summed E-state index contributed by atoms with van der Waals surface area (Å²) < 4.78 is 30.9. The van der Waals surface area contributed by atoms with E-state index in [9.17, 15) is 0 Å². The van der Waals surface area contributed by atoms with Crippen molar-refractivity contribution in [3.63, 3.8) is 0 Å². The highest BCUT2D eigenvalue weighted by Gasteiger charge is 2.53. The molecule has 0 saturated carbocycles. The van der Waals surface area contributed by atoms with Crippen molar-refractivity contribution in [2.24, 2.45) is 0 Å². The van der Waals surface area contributed by atoms with Gasteiger partial charge in [0.15, 0.2) is 12.2 Å². The molecule has 45 heavy (non-hydrogen) atoms. The van der Waals surface area contributed by atoms with Crippen molar-refractivity contribution in [3.05, 3.63) is 53.5 Å². The summed E-state index contributed by atoms with van der Waals surface area (Å²) in [6.45, 7) is 14.0. The molecule has 2 aliphatic heterocycles. The zero-order chi connectivity index (χ0) is 31.5. The second-order valence-electron chi connectivity index (χ2n) is 12.9. The number of hydrogen-bond donors (Lipinski definition) is 1. The van der Waals surface area contributed by atoms with Gasteiger partial charge in [-0.1, -0.05) is 31.9 Å². The van der Waals surface area contributed by atoms with Crippen molar-refractivity contribution in [2.75, 3.05) is 18.5 Å². The quantitative estimate of drug-likeness (QED) is 0.158. The normalized spacial score (nSPS) is 18.4. The first-order valence-electron chi connectivity index (χ1n) is 15.3. The monoisotopic (exact) mass is 691 g/mol. The molecule has 0 spiro atoms. The fraction of sp³-hybridized carbons (Fsp3) is 0.438. The zero-order valence-corrected chi connectivity index (χ0v) is 28.7. The van der Waals surface area contributed by atoms with Crippen molar-refractivity contribution in [2.45, 2.75) is 77.7 Å². The predicted molar refractivity (Wildman–Crippen MR) is 180 cm³/mol. The number of benzene rings is 2.